The molecule has 2 aromatic carbocycles. The Labute approximate surface area is 181 Å². The minimum Gasteiger partial charge on any atom is -0.477 e. The second kappa shape index (κ2) is 8.70. The molecular weight excluding hydrogens is 421 g/mol. The predicted octanol–water partition coefficient (Wildman–Crippen LogP) is 4.89. The molecule has 2 N–H and O–H groups in total. The van der Waals surface area contributed by atoms with Gasteiger partial charge in [-0.3, -0.25) is 4.79 Å². The van der Waals surface area contributed by atoms with E-state index in [0.29, 0.717) is 12.2 Å². The van der Waals surface area contributed by atoms with E-state index in [2.05, 4.69) is 20.3 Å². The molecule has 1 amide bonds. The number of nitrogens with one attached hydrogen (secondary N) is 2. The topological polar surface area (TPSA) is 79.9 Å². The van der Waals surface area contributed by atoms with E-state index in [0.717, 1.165) is 5.56 Å². The van der Waals surface area contributed by atoms with Crippen LogP contribution in [0.2, 0.25) is 0 Å². The number of hydrogen-bond donors (Lipinski definition) is 2. The number of carbonyl (C=O) groups excluding carboxylic acids is 1. The van der Waals surface area contributed by atoms with Crippen molar-refractivity contribution in [1.82, 2.24) is 20.3 Å². The van der Waals surface area contributed by atoms with Gasteiger partial charge in [0, 0.05) is 6.20 Å². The zero-order valence-electron chi connectivity index (χ0n) is 17.0. The van der Waals surface area contributed by atoms with E-state index in [-0.39, 0.29) is 22.5 Å². The standard InChI is InChI=1S/C23H19F3N4O2/c1-2-32-21-16(9-6-12-27-21)20(31)30-19(14-7-4-3-5-8-14)15-10-11-17-18(13-15)29-22(28-17)23(24,25)26/h3-13,19H,2H2,1H3,(H,28,29)(H,30,31). The van der Waals surface area contributed by atoms with E-state index >= 15 is 0 Å². The van der Waals surface area contributed by atoms with Crippen LogP contribution in [0.25, 0.3) is 11.0 Å². The number of carbonyl (C=O) groups is 1. The van der Waals surface area contributed by atoms with Gasteiger partial charge in [0.15, 0.2) is 0 Å². The molecule has 0 fully saturated rings. The lowest BCUT2D eigenvalue weighted by molar-refractivity contribution is -0.144. The van der Waals surface area contributed by atoms with Crippen molar-refractivity contribution in [2.75, 3.05) is 6.61 Å². The third-order valence-electron chi connectivity index (χ3n) is 4.81. The summed E-state index contributed by atoms with van der Waals surface area (Å²) in [6.07, 6.45) is -3.05. The smallest absolute Gasteiger partial charge is 0.449 e. The summed E-state index contributed by atoms with van der Waals surface area (Å²) in [6.45, 7) is 2.13. The van der Waals surface area contributed by atoms with Crippen molar-refractivity contribution in [2.45, 2.75) is 19.1 Å². The maximum absolute atomic E-state index is 13.1. The second-order valence-corrected chi connectivity index (χ2v) is 6.97. The molecular formula is C23H19F3N4O2. The van der Waals surface area contributed by atoms with Crippen LogP contribution in [-0.2, 0) is 6.18 Å². The number of amides is 1. The van der Waals surface area contributed by atoms with Gasteiger partial charge in [-0.1, -0.05) is 36.4 Å². The predicted molar refractivity (Wildman–Crippen MR) is 112 cm³/mol. The van der Waals surface area contributed by atoms with Gasteiger partial charge in [-0.05, 0) is 42.3 Å². The molecule has 6 nitrogen and oxygen atoms in total. The average molecular weight is 440 g/mol. The maximum atomic E-state index is 13.1. The molecule has 0 bridgehead atoms. The Balaban J connectivity index is 1.73. The monoisotopic (exact) mass is 440 g/mol. The largest absolute Gasteiger partial charge is 0.477 e. The van der Waals surface area contributed by atoms with Crippen LogP contribution >= 0.6 is 0 Å². The van der Waals surface area contributed by atoms with Crippen LogP contribution in [0.4, 0.5) is 13.2 Å². The number of aromatic nitrogens is 3. The second-order valence-electron chi connectivity index (χ2n) is 6.97. The van der Waals surface area contributed by atoms with Crippen LogP contribution in [-0.4, -0.2) is 27.5 Å². The fourth-order valence-electron chi connectivity index (χ4n) is 3.37. The molecule has 2 heterocycles. The lowest BCUT2D eigenvalue weighted by Crippen LogP contribution is -2.30. The molecule has 32 heavy (non-hydrogen) atoms. The number of aromatic amines is 1. The fraction of sp³-hybridized carbons (Fsp3) is 0.174. The molecule has 0 saturated carbocycles. The van der Waals surface area contributed by atoms with Gasteiger partial charge in [-0.15, -0.1) is 0 Å². The van der Waals surface area contributed by atoms with E-state index in [1.165, 1.54) is 12.3 Å². The lowest BCUT2D eigenvalue weighted by atomic mass is 9.98. The van der Waals surface area contributed by atoms with Crippen molar-refractivity contribution in [2.24, 2.45) is 0 Å². The minimum atomic E-state index is -4.58. The van der Waals surface area contributed by atoms with Gasteiger partial charge < -0.3 is 15.0 Å². The van der Waals surface area contributed by atoms with Crippen molar-refractivity contribution in [1.29, 1.82) is 0 Å². The van der Waals surface area contributed by atoms with Crippen LogP contribution < -0.4 is 10.1 Å². The summed E-state index contributed by atoms with van der Waals surface area (Å²) in [5.41, 5.74) is 2.03. The number of imidazole rings is 1. The van der Waals surface area contributed by atoms with Crippen LogP contribution in [0.3, 0.4) is 0 Å². The number of nitrogens with zero attached hydrogens (tertiary/aromatic N) is 2. The highest BCUT2D eigenvalue weighted by atomic mass is 19.4. The number of H-pyrrole nitrogens is 1. The molecule has 0 spiro atoms. The van der Waals surface area contributed by atoms with E-state index in [4.69, 9.17) is 4.74 Å². The fourth-order valence-corrected chi connectivity index (χ4v) is 3.37. The summed E-state index contributed by atoms with van der Waals surface area (Å²) in [4.78, 5) is 23.1. The van der Waals surface area contributed by atoms with Gasteiger partial charge >= 0.3 is 6.18 Å². The van der Waals surface area contributed by atoms with Gasteiger partial charge in [0.1, 0.15) is 5.56 Å². The van der Waals surface area contributed by atoms with Gasteiger partial charge in [0.2, 0.25) is 11.7 Å². The van der Waals surface area contributed by atoms with Crippen molar-refractivity contribution in [3.05, 3.63) is 89.4 Å². The van der Waals surface area contributed by atoms with E-state index in [9.17, 15) is 18.0 Å². The number of pyridine rings is 1. The van der Waals surface area contributed by atoms with Crippen LogP contribution in [0, 0.1) is 0 Å². The molecule has 9 heteroatoms. The first kappa shape index (κ1) is 21.4. The van der Waals surface area contributed by atoms with Crippen LogP contribution in [0.5, 0.6) is 5.88 Å². The molecule has 0 aliphatic rings. The van der Waals surface area contributed by atoms with E-state index in [1.807, 2.05) is 30.3 Å². The number of rotatable bonds is 6. The zero-order valence-corrected chi connectivity index (χ0v) is 17.0. The Hall–Kier alpha value is -3.88. The molecule has 0 radical (unpaired) electrons. The number of ether oxygens (including phenoxy) is 1. The summed E-state index contributed by atoms with van der Waals surface area (Å²) in [5.74, 6) is -1.28. The van der Waals surface area contributed by atoms with Crippen LogP contribution in [0.1, 0.15) is 40.3 Å². The summed E-state index contributed by atoms with van der Waals surface area (Å²) >= 11 is 0. The van der Waals surface area contributed by atoms with E-state index < -0.39 is 23.9 Å². The van der Waals surface area contributed by atoms with Gasteiger partial charge in [0.25, 0.3) is 5.91 Å². The van der Waals surface area contributed by atoms with Crippen molar-refractivity contribution >= 4 is 16.9 Å². The van der Waals surface area contributed by atoms with Gasteiger partial charge in [-0.2, -0.15) is 13.2 Å². The first-order valence-corrected chi connectivity index (χ1v) is 9.87. The Morgan fingerprint density at radius 3 is 2.59 bits per heavy atom. The number of hydrogen-bond acceptors (Lipinski definition) is 4. The molecule has 0 saturated heterocycles. The Morgan fingerprint density at radius 1 is 1.09 bits per heavy atom. The summed E-state index contributed by atoms with van der Waals surface area (Å²) in [5, 5.41) is 2.95. The molecule has 0 aliphatic heterocycles. The average Bonchev–Trinajstić information content (AvgIpc) is 3.23. The van der Waals surface area contributed by atoms with Crippen LogP contribution in [0.15, 0.2) is 66.9 Å². The molecule has 2 aromatic heterocycles. The normalized spacial score (nSPS) is 12.5. The molecule has 0 aliphatic carbocycles. The molecule has 1 atom stereocenters. The highest BCUT2D eigenvalue weighted by molar-refractivity contribution is 5.96. The Kier molecular flexibility index (Phi) is 5.81. The van der Waals surface area contributed by atoms with Gasteiger partial charge in [0.05, 0.1) is 23.7 Å². The summed E-state index contributed by atoms with van der Waals surface area (Å²) < 4.78 is 44.6. The SMILES string of the molecule is CCOc1ncccc1C(=O)NC(c1ccccc1)c1ccc2nc(C(F)(F)F)[nH]c2c1. The number of fused-ring (bicyclic) bond motifs is 1. The first-order chi connectivity index (χ1) is 15.4. The maximum Gasteiger partial charge on any atom is 0.449 e. The lowest BCUT2D eigenvalue weighted by Gasteiger charge is -2.20. The minimum absolute atomic E-state index is 0.185. The molecule has 4 aromatic rings. The van der Waals surface area contributed by atoms with Gasteiger partial charge in [-0.25, -0.2) is 9.97 Å². The number of halogens is 3. The molecule has 4 rings (SSSR count). The molecule has 164 valence electrons. The van der Waals surface area contributed by atoms with E-state index in [1.54, 1.807) is 31.2 Å². The quantitative estimate of drug-likeness (QED) is 0.447. The highest BCUT2D eigenvalue weighted by Gasteiger charge is 2.34. The summed E-state index contributed by atoms with van der Waals surface area (Å²) in [6, 6.07) is 16.4. The highest BCUT2D eigenvalue weighted by Crippen LogP contribution is 2.31. The molecule has 1 unspecified atom stereocenters. The summed E-state index contributed by atoms with van der Waals surface area (Å²) in [7, 11) is 0. The number of benzene rings is 2. The van der Waals surface area contributed by atoms with Crippen molar-refractivity contribution < 1.29 is 22.7 Å². The zero-order chi connectivity index (χ0) is 22.7. The number of alkyl halides is 3. The third-order valence-corrected chi connectivity index (χ3v) is 4.81. The van der Waals surface area contributed by atoms with Crippen molar-refractivity contribution in [3.8, 4) is 5.88 Å². The first-order valence-electron chi connectivity index (χ1n) is 9.87. The Bertz CT molecular complexity index is 1240. The Morgan fingerprint density at radius 2 is 1.88 bits per heavy atom. The van der Waals surface area contributed by atoms with Crippen molar-refractivity contribution in [3.63, 3.8) is 0 Å². The third kappa shape index (κ3) is 4.41.